The van der Waals surface area contributed by atoms with E-state index >= 15 is 0 Å². The van der Waals surface area contributed by atoms with Crippen LogP contribution in [0.15, 0.2) is 41.2 Å². The monoisotopic (exact) mass is 398 g/mol. The molecule has 3 aromatic heterocycles. The van der Waals surface area contributed by atoms with Crippen LogP contribution in [0.4, 0.5) is 0 Å². The molecule has 0 aliphatic carbocycles. The topological polar surface area (TPSA) is 72.0 Å². The number of ether oxygens (including phenoxy) is 1. The van der Waals surface area contributed by atoms with E-state index in [1.807, 2.05) is 19.1 Å². The lowest BCUT2D eigenvalue weighted by molar-refractivity contribution is 0.0525. The summed E-state index contributed by atoms with van der Waals surface area (Å²) in [6.45, 7) is 3.80. The highest BCUT2D eigenvalue weighted by molar-refractivity contribution is 7.26. The molecule has 0 aliphatic rings. The van der Waals surface area contributed by atoms with E-state index in [2.05, 4.69) is 9.97 Å². The van der Waals surface area contributed by atoms with Crippen molar-refractivity contribution in [1.29, 1.82) is 0 Å². The third-order valence-corrected chi connectivity index (χ3v) is 5.62. The van der Waals surface area contributed by atoms with Crippen LogP contribution >= 0.6 is 22.9 Å². The molecule has 0 saturated carbocycles. The lowest BCUT2D eigenvalue weighted by Gasteiger charge is -2.10. The Labute approximate surface area is 163 Å². The molecule has 0 spiro atoms. The van der Waals surface area contributed by atoms with Crippen LogP contribution in [0.3, 0.4) is 0 Å². The minimum atomic E-state index is -0.646. The van der Waals surface area contributed by atoms with Crippen molar-refractivity contribution in [1.82, 2.24) is 9.97 Å². The number of aromatic amines is 1. The Balaban J connectivity index is 2.15. The van der Waals surface area contributed by atoms with Crippen molar-refractivity contribution in [3.63, 3.8) is 0 Å². The van der Waals surface area contributed by atoms with Crippen molar-refractivity contribution in [3.05, 3.63) is 63.0 Å². The van der Waals surface area contributed by atoms with Gasteiger partial charge in [0.25, 0.3) is 5.56 Å². The van der Waals surface area contributed by atoms with Crippen LogP contribution in [0.5, 0.6) is 0 Å². The molecule has 3 heterocycles. The van der Waals surface area contributed by atoms with Crippen LogP contribution in [-0.4, -0.2) is 22.5 Å². The van der Waals surface area contributed by atoms with Gasteiger partial charge in [-0.1, -0.05) is 23.7 Å². The first-order valence-corrected chi connectivity index (χ1v) is 9.58. The van der Waals surface area contributed by atoms with Crippen LogP contribution in [0, 0.1) is 6.92 Å². The van der Waals surface area contributed by atoms with Gasteiger partial charge in [-0.3, -0.25) is 4.79 Å². The number of aromatic nitrogens is 2. The van der Waals surface area contributed by atoms with Gasteiger partial charge in [-0.15, -0.1) is 11.3 Å². The normalized spacial score (nSPS) is 11.2. The minimum absolute atomic E-state index is 0.00468. The number of pyridine rings is 2. The predicted octanol–water partition coefficient (Wildman–Crippen LogP) is 4.94. The zero-order chi connectivity index (χ0) is 19.1. The molecule has 0 saturated heterocycles. The number of aryl methyl sites for hydroxylation is 1. The molecule has 5 nitrogen and oxygen atoms in total. The summed E-state index contributed by atoms with van der Waals surface area (Å²) in [5.74, 6) is -0.646. The molecule has 4 aromatic rings. The van der Waals surface area contributed by atoms with Gasteiger partial charge >= 0.3 is 5.97 Å². The Morgan fingerprint density at radius 3 is 2.67 bits per heavy atom. The number of nitrogens with one attached hydrogen (secondary N) is 1. The van der Waals surface area contributed by atoms with E-state index in [1.54, 1.807) is 31.2 Å². The van der Waals surface area contributed by atoms with Gasteiger partial charge in [0.15, 0.2) is 0 Å². The number of rotatable bonds is 3. The van der Waals surface area contributed by atoms with Crippen LogP contribution in [0.1, 0.15) is 23.0 Å². The van der Waals surface area contributed by atoms with Gasteiger partial charge in [-0.05, 0) is 43.7 Å². The number of H-pyrrole nitrogens is 1. The van der Waals surface area contributed by atoms with Crippen LogP contribution in [0.2, 0.25) is 5.02 Å². The predicted molar refractivity (Wildman–Crippen MR) is 109 cm³/mol. The van der Waals surface area contributed by atoms with Crippen LogP contribution < -0.4 is 5.56 Å². The number of esters is 1. The number of carbonyl (C=O) groups is 1. The zero-order valence-electron chi connectivity index (χ0n) is 14.6. The van der Waals surface area contributed by atoms with Crippen molar-refractivity contribution < 1.29 is 9.53 Å². The Morgan fingerprint density at radius 1 is 1.22 bits per heavy atom. The van der Waals surface area contributed by atoms with E-state index in [9.17, 15) is 9.59 Å². The fourth-order valence-corrected chi connectivity index (χ4v) is 4.44. The largest absolute Gasteiger partial charge is 0.462 e. The number of hydrogen-bond acceptors (Lipinski definition) is 5. The van der Waals surface area contributed by atoms with Crippen LogP contribution in [-0.2, 0) is 4.74 Å². The molecule has 0 radical (unpaired) electrons. The maximum Gasteiger partial charge on any atom is 0.344 e. The fourth-order valence-electron chi connectivity index (χ4n) is 3.06. The second-order valence-corrected chi connectivity index (χ2v) is 7.48. The highest BCUT2D eigenvalue weighted by Crippen LogP contribution is 2.39. The van der Waals surface area contributed by atoms with Crippen molar-refractivity contribution in [2.45, 2.75) is 13.8 Å². The smallest absolute Gasteiger partial charge is 0.344 e. The van der Waals surface area contributed by atoms with Gasteiger partial charge in [-0.25, -0.2) is 9.78 Å². The molecule has 7 heteroatoms. The van der Waals surface area contributed by atoms with Gasteiger partial charge in [0.1, 0.15) is 10.4 Å². The molecule has 0 unspecified atom stereocenters. The molecule has 4 rings (SSSR count). The zero-order valence-corrected chi connectivity index (χ0v) is 16.2. The third kappa shape index (κ3) is 3.01. The summed E-state index contributed by atoms with van der Waals surface area (Å²) in [6.07, 6.45) is 0. The first-order valence-electron chi connectivity index (χ1n) is 8.38. The number of benzene rings is 1. The van der Waals surface area contributed by atoms with Crippen molar-refractivity contribution in [2.24, 2.45) is 0 Å². The van der Waals surface area contributed by atoms with Crippen LogP contribution in [0.25, 0.3) is 31.6 Å². The molecule has 136 valence electrons. The van der Waals surface area contributed by atoms with E-state index < -0.39 is 11.5 Å². The number of nitrogens with zero attached hydrogens (tertiary/aromatic N) is 1. The molecule has 1 aromatic carbocycles. The second-order valence-electron chi connectivity index (χ2n) is 6.04. The molecule has 0 aliphatic heterocycles. The quantitative estimate of drug-likeness (QED) is 0.496. The van der Waals surface area contributed by atoms with Crippen molar-refractivity contribution in [3.8, 4) is 11.1 Å². The molecule has 0 fully saturated rings. The third-order valence-electron chi connectivity index (χ3n) is 4.25. The highest BCUT2D eigenvalue weighted by Gasteiger charge is 2.24. The van der Waals surface area contributed by atoms with Gasteiger partial charge in [-0.2, -0.15) is 0 Å². The Kier molecular flexibility index (Phi) is 4.45. The van der Waals surface area contributed by atoms with Gasteiger partial charge in [0.2, 0.25) is 0 Å². The summed E-state index contributed by atoms with van der Waals surface area (Å²) < 4.78 is 5.93. The average Bonchev–Trinajstić information content (AvgIpc) is 2.98. The summed E-state index contributed by atoms with van der Waals surface area (Å²) in [5, 5.41) is 1.43. The Bertz CT molecular complexity index is 1240. The lowest BCUT2D eigenvalue weighted by Crippen LogP contribution is -2.21. The molecule has 0 atom stereocenters. The Hall–Kier alpha value is -2.70. The summed E-state index contributed by atoms with van der Waals surface area (Å²) in [4.78, 5) is 33.6. The van der Waals surface area contributed by atoms with Gasteiger partial charge in [0.05, 0.1) is 16.8 Å². The standard InChI is InChI=1S/C20H15ClN2O3S/c1-3-26-20(25)15-14(11-5-7-12(21)8-6-11)17-16(23-18(15)24)13-9-4-10(2)22-19(13)27-17/h4-9H,3H2,1-2H3,(H,23,24). The summed E-state index contributed by atoms with van der Waals surface area (Å²) in [6, 6.07) is 10.9. The van der Waals surface area contributed by atoms with E-state index in [0.717, 1.165) is 26.2 Å². The first kappa shape index (κ1) is 17.7. The highest BCUT2D eigenvalue weighted by atomic mass is 35.5. The summed E-state index contributed by atoms with van der Waals surface area (Å²) in [7, 11) is 0. The number of carbonyl (C=O) groups excluding carboxylic acids is 1. The Morgan fingerprint density at radius 2 is 1.96 bits per heavy atom. The SMILES string of the molecule is CCOC(=O)c1c(-c2ccc(Cl)cc2)c2sc3nc(C)ccc3c2[nH]c1=O. The molecule has 0 amide bonds. The number of thiophene rings is 1. The average molecular weight is 399 g/mol. The molecular formula is C20H15ClN2O3S. The number of fused-ring (bicyclic) bond motifs is 3. The van der Waals surface area contributed by atoms with Crippen molar-refractivity contribution >= 4 is 49.3 Å². The molecular weight excluding hydrogens is 384 g/mol. The fraction of sp³-hybridized carbons (Fsp3) is 0.150. The van der Waals surface area contributed by atoms with Gasteiger partial charge < -0.3 is 9.72 Å². The maximum atomic E-state index is 12.8. The van der Waals surface area contributed by atoms with E-state index in [0.29, 0.717) is 16.1 Å². The molecule has 27 heavy (non-hydrogen) atoms. The molecule has 0 bridgehead atoms. The molecule has 1 N–H and O–H groups in total. The summed E-state index contributed by atoms with van der Waals surface area (Å²) >= 11 is 7.45. The number of halogens is 1. The van der Waals surface area contributed by atoms with E-state index in [4.69, 9.17) is 16.3 Å². The second kappa shape index (κ2) is 6.79. The van der Waals surface area contributed by atoms with E-state index in [1.165, 1.54) is 11.3 Å². The lowest BCUT2D eigenvalue weighted by atomic mass is 10.00. The van der Waals surface area contributed by atoms with Crippen molar-refractivity contribution in [2.75, 3.05) is 6.61 Å². The number of hydrogen-bond donors (Lipinski definition) is 1. The van der Waals surface area contributed by atoms with Gasteiger partial charge in [0, 0.05) is 21.7 Å². The first-order chi connectivity index (χ1) is 13.0. The summed E-state index contributed by atoms with van der Waals surface area (Å²) in [5.41, 5.74) is 2.34. The van der Waals surface area contributed by atoms with E-state index in [-0.39, 0.29) is 12.2 Å². The maximum absolute atomic E-state index is 12.8. The minimum Gasteiger partial charge on any atom is -0.462 e.